The molecule has 0 spiro atoms. The Bertz CT molecular complexity index is 1270. The van der Waals surface area contributed by atoms with E-state index in [1.807, 2.05) is 12.1 Å². The molecule has 0 aliphatic rings. The number of rotatable bonds is 4. The van der Waals surface area contributed by atoms with Crippen LogP contribution in [0.15, 0.2) is 42.5 Å². The van der Waals surface area contributed by atoms with Gasteiger partial charge in [-0.25, -0.2) is 4.68 Å². The Morgan fingerprint density at radius 1 is 0.969 bits per heavy atom. The maximum absolute atomic E-state index is 10.8. The SMILES string of the molecule is CC(O)c1c(-c2nnc(C(C)(C)C)s2)nn(-c2ccc(Cl)cc2Cl)c1-c1ccc(Cl)cc1. The molecule has 166 valence electrons. The summed E-state index contributed by atoms with van der Waals surface area (Å²) in [6.07, 6.45) is -0.822. The van der Waals surface area contributed by atoms with Crippen LogP contribution in [0.1, 0.15) is 44.4 Å². The minimum absolute atomic E-state index is 0.151. The zero-order chi connectivity index (χ0) is 23.2. The van der Waals surface area contributed by atoms with Gasteiger partial charge in [-0.2, -0.15) is 5.10 Å². The predicted molar refractivity (Wildman–Crippen MR) is 132 cm³/mol. The van der Waals surface area contributed by atoms with E-state index in [0.29, 0.717) is 42.7 Å². The van der Waals surface area contributed by atoms with E-state index in [1.165, 1.54) is 11.3 Å². The largest absolute Gasteiger partial charge is 0.389 e. The third-order valence-corrected chi connectivity index (χ3v) is 7.01. The summed E-state index contributed by atoms with van der Waals surface area (Å²) in [6.45, 7) is 7.95. The molecule has 4 aromatic rings. The van der Waals surface area contributed by atoms with E-state index in [0.717, 1.165) is 10.6 Å². The normalized spacial score (nSPS) is 12.9. The Balaban J connectivity index is 2.03. The topological polar surface area (TPSA) is 63.8 Å². The number of aliphatic hydroxyl groups excluding tert-OH is 1. The molecule has 4 rings (SSSR count). The van der Waals surface area contributed by atoms with Crippen LogP contribution in [0.25, 0.3) is 27.6 Å². The van der Waals surface area contributed by atoms with Crippen molar-refractivity contribution in [3.05, 3.63) is 68.1 Å². The Labute approximate surface area is 205 Å². The first-order chi connectivity index (χ1) is 15.1. The van der Waals surface area contributed by atoms with E-state index in [4.69, 9.17) is 39.9 Å². The van der Waals surface area contributed by atoms with Crippen molar-refractivity contribution in [1.82, 2.24) is 20.0 Å². The lowest BCUT2D eigenvalue weighted by Crippen LogP contribution is -2.10. The Hall–Kier alpha value is -1.96. The van der Waals surface area contributed by atoms with Gasteiger partial charge in [-0.15, -0.1) is 10.2 Å². The summed E-state index contributed by atoms with van der Waals surface area (Å²) in [7, 11) is 0. The minimum Gasteiger partial charge on any atom is -0.389 e. The van der Waals surface area contributed by atoms with E-state index in [-0.39, 0.29) is 5.41 Å². The Morgan fingerprint density at radius 2 is 1.62 bits per heavy atom. The molecule has 32 heavy (non-hydrogen) atoms. The fourth-order valence-electron chi connectivity index (χ4n) is 3.32. The van der Waals surface area contributed by atoms with Crippen molar-refractivity contribution in [2.24, 2.45) is 0 Å². The predicted octanol–water partition coefficient (Wildman–Crippen LogP) is 7.37. The second kappa shape index (κ2) is 8.76. The fourth-order valence-corrected chi connectivity index (χ4v) is 4.83. The van der Waals surface area contributed by atoms with Gasteiger partial charge < -0.3 is 5.11 Å². The lowest BCUT2D eigenvalue weighted by atomic mass is 9.98. The molecule has 5 nitrogen and oxygen atoms in total. The summed E-state index contributed by atoms with van der Waals surface area (Å²) >= 11 is 20.3. The molecule has 0 amide bonds. The van der Waals surface area contributed by atoms with Gasteiger partial charge in [0.15, 0.2) is 5.01 Å². The lowest BCUT2D eigenvalue weighted by Gasteiger charge is -2.13. The first-order valence-electron chi connectivity index (χ1n) is 9.93. The van der Waals surface area contributed by atoms with Crippen LogP contribution in [0.3, 0.4) is 0 Å². The highest BCUT2D eigenvalue weighted by Crippen LogP contribution is 2.41. The summed E-state index contributed by atoms with van der Waals surface area (Å²) in [6, 6.07) is 12.6. The second-order valence-corrected chi connectivity index (χ2v) is 10.7. The third-order valence-electron chi connectivity index (χ3n) is 4.86. The molecule has 0 aliphatic heterocycles. The molecular formula is C23H21Cl3N4OS. The Kier molecular flexibility index (Phi) is 6.36. The van der Waals surface area contributed by atoms with Gasteiger partial charge >= 0.3 is 0 Å². The molecule has 0 saturated carbocycles. The highest BCUT2D eigenvalue weighted by atomic mass is 35.5. The molecule has 0 saturated heterocycles. The fraction of sp³-hybridized carbons (Fsp3) is 0.261. The number of aliphatic hydroxyl groups is 1. The molecule has 0 radical (unpaired) electrons. The zero-order valence-corrected chi connectivity index (χ0v) is 21.0. The van der Waals surface area contributed by atoms with Crippen molar-refractivity contribution in [1.29, 1.82) is 0 Å². The molecule has 0 bridgehead atoms. The molecule has 1 unspecified atom stereocenters. The van der Waals surface area contributed by atoms with Gasteiger partial charge in [0.1, 0.15) is 10.7 Å². The lowest BCUT2D eigenvalue weighted by molar-refractivity contribution is 0.200. The standard InChI is InChI=1S/C23H21Cl3N4OS/c1-12(31)18-19(21-27-28-22(32-21)23(2,3)4)29-30(17-10-9-15(25)11-16(17)26)20(18)13-5-7-14(24)8-6-13/h5-12,31H,1-4H3. The molecule has 2 heterocycles. The molecule has 9 heteroatoms. The highest BCUT2D eigenvalue weighted by molar-refractivity contribution is 7.14. The second-order valence-electron chi connectivity index (χ2n) is 8.46. The number of hydrogen-bond acceptors (Lipinski definition) is 5. The van der Waals surface area contributed by atoms with Gasteiger partial charge in [-0.05, 0) is 37.3 Å². The minimum atomic E-state index is -0.822. The Morgan fingerprint density at radius 3 is 2.19 bits per heavy atom. The van der Waals surface area contributed by atoms with Crippen molar-refractivity contribution >= 4 is 46.1 Å². The van der Waals surface area contributed by atoms with Gasteiger partial charge in [0, 0.05) is 26.6 Å². The average Bonchev–Trinajstić information content (AvgIpc) is 3.33. The molecule has 2 aromatic carbocycles. The first-order valence-corrected chi connectivity index (χ1v) is 11.9. The van der Waals surface area contributed by atoms with Crippen LogP contribution in [0.4, 0.5) is 0 Å². The van der Waals surface area contributed by atoms with Gasteiger partial charge in [-0.1, -0.05) is 79.0 Å². The van der Waals surface area contributed by atoms with Gasteiger partial charge in [0.25, 0.3) is 0 Å². The summed E-state index contributed by atoms with van der Waals surface area (Å²) < 4.78 is 1.72. The van der Waals surface area contributed by atoms with Crippen LogP contribution in [-0.4, -0.2) is 25.1 Å². The first kappa shape index (κ1) is 23.2. The van der Waals surface area contributed by atoms with Crippen LogP contribution >= 0.6 is 46.1 Å². The van der Waals surface area contributed by atoms with E-state index in [9.17, 15) is 5.11 Å². The third kappa shape index (κ3) is 4.43. The summed E-state index contributed by atoms with van der Waals surface area (Å²) in [5.74, 6) is 0. The van der Waals surface area contributed by atoms with E-state index < -0.39 is 6.10 Å². The number of benzene rings is 2. The smallest absolute Gasteiger partial charge is 0.168 e. The summed E-state index contributed by atoms with van der Waals surface area (Å²) in [5, 5.41) is 27.5. The van der Waals surface area contributed by atoms with Crippen molar-refractivity contribution in [2.45, 2.75) is 39.2 Å². The van der Waals surface area contributed by atoms with E-state index in [2.05, 4.69) is 31.0 Å². The van der Waals surface area contributed by atoms with Crippen molar-refractivity contribution in [3.63, 3.8) is 0 Å². The van der Waals surface area contributed by atoms with Gasteiger partial charge in [0.2, 0.25) is 0 Å². The maximum Gasteiger partial charge on any atom is 0.168 e. The number of aromatic nitrogens is 4. The van der Waals surface area contributed by atoms with Gasteiger partial charge in [-0.3, -0.25) is 0 Å². The monoisotopic (exact) mass is 506 g/mol. The molecule has 2 aromatic heterocycles. The molecule has 0 fully saturated rings. The van der Waals surface area contributed by atoms with Crippen LogP contribution < -0.4 is 0 Å². The van der Waals surface area contributed by atoms with E-state index >= 15 is 0 Å². The zero-order valence-electron chi connectivity index (χ0n) is 17.9. The number of hydrogen-bond donors (Lipinski definition) is 1. The van der Waals surface area contributed by atoms with Gasteiger partial charge in [0.05, 0.1) is 22.5 Å². The number of halogens is 3. The van der Waals surface area contributed by atoms with Crippen LogP contribution in [0.2, 0.25) is 15.1 Å². The van der Waals surface area contributed by atoms with Crippen LogP contribution in [-0.2, 0) is 5.41 Å². The van der Waals surface area contributed by atoms with Crippen molar-refractivity contribution in [3.8, 4) is 27.6 Å². The average molecular weight is 508 g/mol. The highest BCUT2D eigenvalue weighted by Gasteiger charge is 2.29. The molecule has 1 atom stereocenters. The van der Waals surface area contributed by atoms with Crippen LogP contribution in [0, 0.1) is 0 Å². The quantitative estimate of drug-likeness (QED) is 0.313. The molecule has 1 N–H and O–H groups in total. The number of nitrogens with zero attached hydrogens (tertiary/aromatic N) is 4. The van der Waals surface area contributed by atoms with Crippen LogP contribution in [0.5, 0.6) is 0 Å². The molecular weight excluding hydrogens is 487 g/mol. The summed E-state index contributed by atoms with van der Waals surface area (Å²) in [5.41, 5.74) is 3.20. The van der Waals surface area contributed by atoms with Crippen molar-refractivity contribution in [2.75, 3.05) is 0 Å². The van der Waals surface area contributed by atoms with E-state index in [1.54, 1.807) is 41.9 Å². The molecule has 0 aliphatic carbocycles. The maximum atomic E-state index is 10.8. The van der Waals surface area contributed by atoms with Crippen molar-refractivity contribution < 1.29 is 5.11 Å². The summed E-state index contributed by atoms with van der Waals surface area (Å²) in [4.78, 5) is 0.